The van der Waals surface area contributed by atoms with Crippen molar-refractivity contribution in [3.8, 4) is 0 Å². The molecule has 2 fully saturated rings. The number of carboxylic acid groups (broad SMARTS) is 1. The van der Waals surface area contributed by atoms with Crippen LogP contribution in [0.4, 0.5) is 0 Å². The van der Waals surface area contributed by atoms with Crippen molar-refractivity contribution in [2.24, 2.45) is 5.41 Å². The Balaban J connectivity index is 2.26. The van der Waals surface area contributed by atoms with Crippen LogP contribution < -0.4 is 5.32 Å². The van der Waals surface area contributed by atoms with Gasteiger partial charge in [0.15, 0.2) is 0 Å². The van der Waals surface area contributed by atoms with Gasteiger partial charge in [-0.25, -0.2) is 4.79 Å². The van der Waals surface area contributed by atoms with Gasteiger partial charge in [-0.1, -0.05) is 6.92 Å². The normalized spacial score (nSPS) is 36.0. The van der Waals surface area contributed by atoms with E-state index in [1.54, 1.807) is 4.90 Å². The zero-order valence-electron chi connectivity index (χ0n) is 11.2. The minimum Gasteiger partial charge on any atom is -0.479 e. The molecule has 2 N–H and O–H groups in total. The maximum Gasteiger partial charge on any atom is 0.329 e. The van der Waals surface area contributed by atoms with Crippen molar-refractivity contribution in [2.45, 2.75) is 45.1 Å². The van der Waals surface area contributed by atoms with Crippen LogP contribution in [0.2, 0.25) is 0 Å². The molecule has 2 heterocycles. The van der Waals surface area contributed by atoms with Gasteiger partial charge in [0.1, 0.15) is 5.54 Å². The predicted octanol–water partition coefficient (Wildman–Crippen LogP) is 0.842. The number of rotatable bonds is 3. The fraction of sp³-hybridized carbons (Fsp3) is 0.846. The molecule has 5 heteroatoms. The van der Waals surface area contributed by atoms with Crippen molar-refractivity contribution in [1.82, 2.24) is 10.2 Å². The molecule has 2 saturated heterocycles. The highest BCUT2D eigenvalue weighted by atomic mass is 16.4. The molecular weight excluding hydrogens is 232 g/mol. The Kier molecular flexibility index (Phi) is 3.36. The number of nitrogens with zero attached hydrogens (tertiary/aromatic N) is 1. The third-order valence-corrected chi connectivity index (χ3v) is 4.60. The Morgan fingerprint density at radius 3 is 2.61 bits per heavy atom. The standard InChI is InChI=1S/C13H22N2O3/c1-3-13(11(17)18)5-4-8-15(13)10(16)12(2)6-7-14-9-12/h14H,3-9H2,1-2H3,(H,17,18). The second-order valence-corrected chi connectivity index (χ2v) is 5.74. The minimum atomic E-state index is -0.970. The minimum absolute atomic E-state index is 0.00856. The Bertz CT molecular complexity index is 363. The van der Waals surface area contributed by atoms with Gasteiger partial charge in [-0.15, -0.1) is 0 Å². The Labute approximate surface area is 108 Å². The van der Waals surface area contributed by atoms with Crippen molar-refractivity contribution < 1.29 is 14.7 Å². The Morgan fingerprint density at radius 2 is 2.11 bits per heavy atom. The zero-order valence-corrected chi connectivity index (χ0v) is 11.2. The molecule has 2 atom stereocenters. The molecule has 102 valence electrons. The molecule has 0 bridgehead atoms. The average molecular weight is 254 g/mol. The first-order chi connectivity index (χ1) is 8.46. The first-order valence-corrected chi connectivity index (χ1v) is 6.72. The van der Waals surface area contributed by atoms with E-state index in [2.05, 4.69) is 5.32 Å². The van der Waals surface area contributed by atoms with Gasteiger partial charge in [0.2, 0.25) is 5.91 Å². The van der Waals surface area contributed by atoms with Gasteiger partial charge < -0.3 is 15.3 Å². The number of hydrogen-bond donors (Lipinski definition) is 2. The summed E-state index contributed by atoms with van der Waals surface area (Å²) in [5.41, 5.74) is -1.40. The number of likely N-dealkylation sites (tertiary alicyclic amines) is 1. The quantitative estimate of drug-likeness (QED) is 0.783. The van der Waals surface area contributed by atoms with E-state index >= 15 is 0 Å². The van der Waals surface area contributed by atoms with Crippen molar-refractivity contribution in [1.29, 1.82) is 0 Å². The van der Waals surface area contributed by atoms with Crippen LogP contribution in [0.5, 0.6) is 0 Å². The molecule has 0 aromatic carbocycles. The summed E-state index contributed by atoms with van der Waals surface area (Å²) in [4.78, 5) is 25.9. The third kappa shape index (κ3) is 1.81. The highest BCUT2D eigenvalue weighted by molar-refractivity contribution is 5.90. The smallest absolute Gasteiger partial charge is 0.329 e. The molecule has 0 aromatic heterocycles. The number of carboxylic acids is 1. The number of carbonyl (C=O) groups excluding carboxylic acids is 1. The first-order valence-electron chi connectivity index (χ1n) is 6.72. The van der Waals surface area contributed by atoms with E-state index < -0.39 is 16.9 Å². The maximum absolute atomic E-state index is 12.7. The Morgan fingerprint density at radius 1 is 1.39 bits per heavy atom. The van der Waals surface area contributed by atoms with Crippen LogP contribution in [0, 0.1) is 5.41 Å². The predicted molar refractivity (Wildman–Crippen MR) is 67.2 cm³/mol. The highest BCUT2D eigenvalue weighted by Gasteiger charge is 2.52. The fourth-order valence-corrected chi connectivity index (χ4v) is 3.24. The van der Waals surface area contributed by atoms with Gasteiger partial charge >= 0.3 is 5.97 Å². The lowest BCUT2D eigenvalue weighted by atomic mass is 9.85. The first kappa shape index (κ1) is 13.3. The topological polar surface area (TPSA) is 69.6 Å². The molecule has 0 aromatic rings. The second kappa shape index (κ2) is 4.53. The molecular formula is C13H22N2O3. The van der Waals surface area contributed by atoms with Crippen LogP contribution in [-0.4, -0.2) is 47.1 Å². The number of hydrogen-bond acceptors (Lipinski definition) is 3. The van der Waals surface area contributed by atoms with Crippen LogP contribution >= 0.6 is 0 Å². The lowest BCUT2D eigenvalue weighted by molar-refractivity contribution is -0.160. The largest absolute Gasteiger partial charge is 0.479 e. The van der Waals surface area contributed by atoms with Gasteiger partial charge in [-0.3, -0.25) is 4.79 Å². The summed E-state index contributed by atoms with van der Waals surface area (Å²) < 4.78 is 0. The van der Waals surface area contributed by atoms with Crippen LogP contribution in [0.15, 0.2) is 0 Å². The maximum atomic E-state index is 12.7. The van der Waals surface area contributed by atoms with E-state index in [-0.39, 0.29) is 5.91 Å². The summed E-state index contributed by atoms with van der Waals surface area (Å²) in [5, 5.41) is 12.7. The summed E-state index contributed by atoms with van der Waals surface area (Å²) >= 11 is 0. The second-order valence-electron chi connectivity index (χ2n) is 5.74. The lowest BCUT2D eigenvalue weighted by Gasteiger charge is -2.38. The van der Waals surface area contributed by atoms with E-state index in [0.717, 1.165) is 19.4 Å². The molecule has 0 spiro atoms. The van der Waals surface area contributed by atoms with E-state index in [9.17, 15) is 14.7 Å². The van der Waals surface area contributed by atoms with Crippen molar-refractivity contribution in [3.05, 3.63) is 0 Å². The molecule has 2 rings (SSSR count). The van der Waals surface area contributed by atoms with Crippen LogP contribution in [0.1, 0.15) is 39.5 Å². The van der Waals surface area contributed by atoms with Gasteiger partial charge in [0.25, 0.3) is 0 Å². The zero-order chi connectivity index (χ0) is 13.4. The SMILES string of the molecule is CCC1(C(=O)O)CCCN1C(=O)C1(C)CCNC1. The number of nitrogens with one attached hydrogen (secondary N) is 1. The lowest BCUT2D eigenvalue weighted by Crippen LogP contribution is -2.56. The molecule has 0 radical (unpaired) electrons. The molecule has 18 heavy (non-hydrogen) atoms. The van der Waals surface area contributed by atoms with E-state index in [1.165, 1.54) is 0 Å². The molecule has 5 nitrogen and oxygen atoms in total. The van der Waals surface area contributed by atoms with Crippen molar-refractivity contribution in [2.75, 3.05) is 19.6 Å². The molecule has 0 saturated carbocycles. The van der Waals surface area contributed by atoms with Crippen LogP contribution in [0.3, 0.4) is 0 Å². The van der Waals surface area contributed by atoms with Crippen molar-refractivity contribution in [3.63, 3.8) is 0 Å². The summed E-state index contributed by atoms with van der Waals surface area (Å²) in [6.07, 6.45) is 2.64. The van der Waals surface area contributed by atoms with Crippen LogP contribution in [-0.2, 0) is 9.59 Å². The van der Waals surface area contributed by atoms with Crippen molar-refractivity contribution >= 4 is 11.9 Å². The van der Waals surface area contributed by atoms with Crippen LogP contribution in [0.25, 0.3) is 0 Å². The summed E-state index contributed by atoms with van der Waals surface area (Å²) in [7, 11) is 0. The summed E-state index contributed by atoms with van der Waals surface area (Å²) in [6.45, 7) is 5.86. The summed E-state index contributed by atoms with van der Waals surface area (Å²) in [6, 6.07) is 0. The monoisotopic (exact) mass is 254 g/mol. The van der Waals surface area contributed by atoms with Gasteiger partial charge in [-0.05, 0) is 39.2 Å². The molecule has 2 aliphatic heterocycles. The Hall–Kier alpha value is -1.10. The summed E-state index contributed by atoms with van der Waals surface area (Å²) in [5.74, 6) is -0.848. The van der Waals surface area contributed by atoms with E-state index in [0.29, 0.717) is 25.9 Å². The number of amides is 1. The number of carbonyl (C=O) groups is 2. The molecule has 0 aliphatic carbocycles. The molecule has 1 amide bonds. The molecule has 2 unspecified atom stereocenters. The van der Waals surface area contributed by atoms with Gasteiger partial charge in [0.05, 0.1) is 5.41 Å². The molecule has 2 aliphatic rings. The fourth-order valence-electron chi connectivity index (χ4n) is 3.24. The van der Waals surface area contributed by atoms with Gasteiger partial charge in [0, 0.05) is 13.1 Å². The number of aliphatic carboxylic acids is 1. The highest BCUT2D eigenvalue weighted by Crippen LogP contribution is 2.38. The van der Waals surface area contributed by atoms with E-state index in [1.807, 2.05) is 13.8 Å². The van der Waals surface area contributed by atoms with E-state index in [4.69, 9.17) is 0 Å². The van der Waals surface area contributed by atoms with Gasteiger partial charge in [-0.2, -0.15) is 0 Å². The third-order valence-electron chi connectivity index (χ3n) is 4.60. The average Bonchev–Trinajstić information content (AvgIpc) is 2.95.